The van der Waals surface area contributed by atoms with Gasteiger partial charge >= 0.3 is 6.03 Å². The van der Waals surface area contributed by atoms with E-state index in [-0.39, 0.29) is 36.0 Å². The lowest BCUT2D eigenvalue weighted by molar-refractivity contribution is -0.145. The van der Waals surface area contributed by atoms with E-state index in [1.165, 1.54) is 11.0 Å². The van der Waals surface area contributed by atoms with Gasteiger partial charge in [-0.05, 0) is 69.1 Å². The van der Waals surface area contributed by atoms with Crippen molar-refractivity contribution in [1.82, 2.24) is 26.2 Å². The van der Waals surface area contributed by atoms with Gasteiger partial charge in [-0.1, -0.05) is 59.0 Å². The molecule has 0 radical (unpaired) electrons. The molecule has 5 amide bonds. The lowest BCUT2D eigenvalue weighted by Crippen LogP contribution is -2.64. The fraction of sp³-hybridized carbons (Fsp3) is 0.757. The molecule has 0 aromatic heterocycles. The van der Waals surface area contributed by atoms with Crippen LogP contribution in [-0.4, -0.2) is 90.1 Å². The van der Waals surface area contributed by atoms with Crippen LogP contribution < -0.4 is 21.3 Å². The minimum absolute atomic E-state index is 0.0559. The third kappa shape index (κ3) is 8.05. The Hall–Kier alpha value is -3.40. The minimum atomic E-state index is -3.58. The van der Waals surface area contributed by atoms with Crippen molar-refractivity contribution < 1.29 is 32.4 Å². The Morgan fingerprint density at radius 3 is 2.10 bits per heavy atom. The number of carbonyl (C=O) groups is 5. The van der Waals surface area contributed by atoms with Gasteiger partial charge in [0.2, 0.25) is 17.6 Å². The molecule has 4 N–H and O–H groups in total. The molecule has 5 atom stereocenters. The normalized spacial score (nSPS) is 25.0. The van der Waals surface area contributed by atoms with Gasteiger partial charge in [0.25, 0.3) is 5.91 Å². The van der Waals surface area contributed by atoms with Crippen LogP contribution >= 0.6 is 0 Å². The van der Waals surface area contributed by atoms with Crippen molar-refractivity contribution >= 4 is 39.4 Å². The number of amides is 5. The fourth-order valence-electron chi connectivity index (χ4n) is 8.56. The molecule has 1 heterocycles. The molecule has 1 aliphatic heterocycles. The van der Waals surface area contributed by atoms with E-state index in [1.54, 1.807) is 20.8 Å². The number of terminal acetylenes is 1. The van der Waals surface area contributed by atoms with Crippen LogP contribution in [0, 0.1) is 35.0 Å². The molecule has 13 heteroatoms. The average molecular weight is 716 g/mol. The van der Waals surface area contributed by atoms with E-state index in [2.05, 4.69) is 33.8 Å². The third-order valence-electron chi connectivity index (χ3n) is 11.4. The molecule has 0 bridgehead atoms. The van der Waals surface area contributed by atoms with Crippen LogP contribution in [0.25, 0.3) is 0 Å². The highest BCUT2D eigenvalue weighted by molar-refractivity contribution is 7.92. The van der Waals surface area contributed by atoms with E-state index in [1.807, 2.05) is 20.8 Å². The number of urea groups is 1. The van der Waals surface area contributed by atoms with Crippen LogP contribution in [0.4, 0.5) is 4.79 Å². The highest BCUT2D eigenvalue weighted by Gasteiger charge is 2.74. The topological polar surface area (TPSA) is 171 Å². The van der Waals surface area contributed by atoms with Crippen molar-refractivity contribution in [1.29, 1.82) is 0 Å². The van der Waals surface area contributed by atoms with E-state index >= 15 is 0 Å². The van der Waals surface area contributed by atoms with Gasteiger partial charge in [-0.15, -0.1) is 18.9 Å². The minimum Gasteiger partial charge on any atom is -0.346 e. The summed E-state index contributed by atoms with van der Waals surface area (Å²) < 4.78 is 25.7. The summed E-state index contributed by atoms with van der Waals surface area (Å²) in [6.07, 6.45) is 14.2. The van der Waals surface area contributed by atoms with Crippen molar-refractivity contribution in [2.45, 2.75) is 134 Å². The molecule has 4 rings (SSSR count). The fourth-order valence-corrected chi connectivity index (χ4v) is 10.1. The molecule has 50 heavy (non-hydrogen) atoms. The van der Waals surface area contributed by atoms with E-state index in [0.717, 1.165) is 44.9 Å². The Morgan fingerprint density at radius 2 is 1.56 bits per heavy atom. The van der Waals surface area contributed by atoms with Gasteiger partial charge in [-0.2, -0.15) is 0 Å². The first-order chi connectivity index (χ1) is 23.2. The summed E-state index contributed by atoms with van der Waals surface area (Å²) in [6, 6.07) is -3.87. The molecular formula is C37H57N5O7S. The smallest absolute Gasteiger partial charge is 0.315 e. The Bertz CT molecular complexity index is 1510. The van der Waals surface area contributed by atoms with Crippen LogP contribution in [0.15, 0.2) is 12.7 Å². The summed E-state index contributed by atoms with van der Waals surface area (Å²) in [5.41, 5.74) is -1.81. The molecule has 0 aromatic carbocycles. The average Bonchev–Trinajstić information content (AvgIpc) is 3.34. The number of hydrogen-bond acceptors (Lipinski definition) is 7. The van der Waals surface area contributed by atoms with Gasteiger partial charge in [-0.3, -0.25) is 19.2 Å². The Morgan fingerprint density at radius 1 is 0.960 bits per heavy atom. The molecule has 3 saturated carbocycles. The first-order valence-electron chi connectivity index (χ1n) is 18.0. The third-order valence-corrected chi connectivity index (χ3v) is 14.2. The van der Waals surface area contributed by atoms with Crippen molar-refractivity contribution in [2.24, 2.45) is 22.7 Å². The van der Waals surface area contributed by atoms with Crippen LogP contribution in [0.5, 0.6) is 0 Å². The second kappa shape index (κ2) is 14.7. The summed E-state index contributed by atoms with van der Waals surface area (Å²) in [4.78, 5) is 69.5. The van der Waals surface area contributed by atoms with Crippen molar-refractivity contribution in [3.8, 4) is 12.3 Å². The Balaban J connectivity index is 1.58. The second-order valence-corrected chi connectivity index (χ2v) is 19.7. The standard InChI is InChI=1S/C37H57N5O7S/c1-9-16-25(28(43)31(45)38-21-10-2)39-30(44)27-26-24(37(26)19-14-15-20-37)22-42(27)32(46)29(34(3,4)5)40-33(47)41-36(17-12-11-13-18-36)23-50(48,49)35(6,7)8/h1,10,24-27,29H,2,11-23H2,3-8H3,(H,38,45)(H,39,44)(H2,40,41,47)/t24-,25?,26-,27-,29+/m0/s1. The van der Waals surface area contributed by atoms with Crippen molar-refractivity contribution in [2.75, 3.05) is 18.8 Å². The van der Waals surface area contributed by atoms with Gasteiger partial charge < -0.3 is 26.2 Å². The number of piperidine rings is 1. The summed E-state index contributed by atoms with van der Waals surface area (Å²) in [5.74, 6) is -0.605. The summed E-state index contributed by atoms with van der Waals surface area (Å²) in [6.45, 7) is 14.4. The number of rotatable bonds is 12. The number of sulfone groups is 1. The molecule has 4 fully saturated rings. The zero-order valence-corrected chi connectivity index (χ0v) is 31.5. The summed E-state index contributed by atoms with van der Waals surface area (Å²) in [5, 5.41) is 11.0. The molecule has 3 aliphatic carbocycles. The zero-order chi connectivity index (χ0) is 37.3. The number of ketones is 1. The molecule has 4 aliphatic rings. The SMILES string of the molecule is C#CCC(NC(=O)[C@@H]1[C@@H]2[C@H](CN1C(=O)[C@@H](NC(=O)NC1(CS(=O)(=O)C(C)(C)C)CCCCC1)C(C)(C)C)C21CCCC1)C(=O)C(=O)NCC=C. The first kappa shape index (κ1) is 39.4. The Labute approximate surface area is 298 Å². The van der Waals surface area contributed by atoms with Crippen LogP contribution in [0.3, 0.4) is 0 Å². The molecule has 278 valence electrons. The van der Waals surface area contributed by atoms with Gasteiger partial charge in [0.05, 0.1) is 16.0 Å². The monoisotopic (exact) mass is 715 g/mol. The zero-order valence-electron chi connectivity index (χ0n) is 30.7. The van der Waals surface area contributed by atoms with Crippen LogP contribution in [-0.2, 0) is 29.0 Å². The summed E-state index contributed by atoms with van der Waals surface area (Å²) >= 11 is 0. The number of carbonyl (C=O) groups excluding carboxylic acids is 5. The van der Waals surface area contributed by atoms with Crippen LogP contribution in [0.2, 0.25) is 0 Å². The first-order valence-corrected chi connectivity index (χ1v) is 19.7. The van der Waals surface area contributed by atoms with E-state index in [9.17, 15) is 32.4 Å². The highest BCUT2D eigenvalue weighted by Crippen LogP contribution is 2.72. The molecule has 0 aromatic rings. The largest absolute Gasteiger partial charge is 0.346 e. The van der Waals surface area contributed by atoms with Crippen molar-refractivity contribution in [3.05, 3.63) is 12.7 Å². The summed E-state index contributed by atoms with van der Waals surface area (Å²) in [7, 11) is -3.58. The predicted octanol–water partition coefficient (Wildman–Crippen LogP) is 3.01. The molecule has 1 unspecified atom stereocenters. The van der Waals surface area contributed by atoms with Crippen LogP contribution in [0.1, 0.15) is 106 Å². The second-order valence-electron chi connectivity index (χ2n) is 17.0. The van der Waals surface area contributed by atoms with Crippen molar-refractivity contribution in [3.63, 3.8) is 0 Å². The molecular weight excluding hydrogens is 659 g/mol. The maximum atomic E-state index is 14.6. The lowest BCUT2D eigenvalue weighted by Gasteiger charge is -2.41. The number of hydrogen-bond donors (Lipinski definition) is 4. The number of nitrogens with one attached hydrogen (secondary N) is 4. The quantitative estimate of drug-likeness (QED) is 0.137. The maximum Gasteiger partial charge on any atom is 0.315 e. The number of fused-ring (bicyclic) bond motifs is 3. The molecule has 12 nitrogen and oxygen atoms in total. The number of Topliss-reactive ketones (excluding diaryl/α,β-unsaturated/α-hetero) is 1. The molecule has 1 spiro atoms. The van der Waals surface area contributed by atoms with Gasteiger partial charge in [0.15, 0.2) is 9.84 Å². The predicted molar refractivity (Wildman–Crippen MR) is 191 cm³/mol. The van der Waals surface area contributed by atoms with E-state index < -0.39 is 73.2 Å². The Kier molecular flexibility index (Phi) is 11.6. The van der Waals surface area contributed by atoms with Gasteiger partial charge in [0.1, 0.15) is 18.1 Å². The lowest BCUT2D eigenvalue weighted by atomic mass is 9.83. The van der Waals surface area contributed by atoms with Gasteiger partial charge in [-0.25, -0.2) is 13.2 Å². The number of likely N-dealkylation sites (tertiary alicyclic amines) is 1. The van der Waals surface area contributed by atoms with Gasteiger partial charge in [0, 0.05) is 19.5 Å². The maximum absolute atomic E-state index is 14.6. The van der Waals surface area contributed by atoms with E-state index in [0.29, 0.717) is 19.4 Å². The number of nitrogens with zero attached hydrogens (tertiary/aromatic N) is 1. The van der Waals surface area contributed by atoms with E-state index in [4.69, 9.17) is 6.42 Å². The molecule has 1 saturated heterocycles. The highest BCUT2D eigenvalue weighted by atomic mass is 32.2.